The summed E-state index contributed by atoms with van der Waals surface area (Å²) in [5, 5.41) is 2.71. The average Bonchev–Trinajstić information content (AvgIpc) is 2.95. The molecule has 0 radical (unpaired) electrons. The van der Waals surface area contributed by atoms with Crippen molar-refractivity contribution in [2.24, 2.45) is 5.92 Å². The molecule has 2 heterocycles. The number of ether oxygens (including phenoxy) is 3. The van der Waals surface area contributed by atoms with Crippen LogP contribution in [-0.4, -0.2) is 85.2 Å². The number of nitrogens with one attached hydrogen (secondary N) is 1. The Labute approximate surface area is 224 Å². The highest BCUT2D eigenvalue weighted by Gasteiger charge is 2.31. The standard InChI is InChI=1S/C28H37N3O7/c1-3-23(17-26(33)36-4-2)29-27(34)22-11-8-14-31(18-22)25(32)20-37-24-12-15-30(16-13-24)28(35)38-19-21-9-6-5-7-10-21/h1,5-7,9-10,22-24H,4,8,11-20H2,2H3,(H,29,34)/t22-,23?/m1/s1. The molecule has 2 aliphatic rings. The van der Waals surface area contributed by atoms with Crippen molar-refractivity contribution in [3.8, 4) is 12.3 Å². The molecule has 0 spiro atoms. The van der Waals surface area contributed by atoms with Crippen molar-refractivity contribution in [3.05, 3.63) is 35.9 Å². The summed E-state index contributed by atoms with van der Waals surface area (Å²) in [5.41, 5.74) is 0.933. The number of piperidine rings is 2. The van der Waals surface area contributed by atoms with E-state index in [1.807, 2.05) is 30.3 Å². The smallest absolute Gasteiger partial charge is 0.410 e. The number of nitrogens with zero attached hydrogens (tertiary/aromatic N) is 2. The molecule has 2 fully saturated rings. The first-order chi connectivity index (χ1) is 18.4. The second-order valence-corrected chi connectivity index (χ2v) is 9.45. The van der Waals surface area contributed by atoms with Crippen molar-refractivity contribution in [2.45, 2.75) is 57.8 Å². The number of terminal acetylenes is 1. The van der Waals surface area contributed by atoms with E-state index < -0.39 is 17.9 Å². The third-order valence-electron chi connectivity index (χ3n) is 6.69. The van der Waals surface area contributed by atoms with Gasteiger partial charge in [-0.1, -0.05) is 36.3 Å². The minimum Gasteiger partial charge on any atom is -0.466 e. The minimum atomic E-state index is -0.752. The molecule has 3 amide bonds. The molecule has 10 heteroatoms. The second-order valence-electron chi connectivity index (χ2n) is 9.45. The molecule has 1 aromatic rings. The van der Waals surface area contributed by atoms with Crippen LogP contribution >= 0.6 is 0 Å². The van der Waals surface area contributed by atoms with Crippen LogP contribution in [0.4, 0.5) is 4.79 Å². The number of carbonyl (C=O) groups is 4. The highest BCUT2D eigenvalue weighted by atomic mass is 16.6. The summed E-state index contributed by atoms with van der Waals surface area (Å²) in [7, 11) is 0. The van der Waals surface area contributed by atoms with Gasteiger partial charge in [-0.05, 0) is 38.2 Å². The zero-order valence-corrected chi connectivity index (χ0v) is 21.9. The van der Waals surface area contributed by atoms with Crippen LogP contribution in [0.25, 0.3) is 0 Å². The fourth-order valence-corrected chi connectivity index (χ4v) is 4.54. The molecule has 2 saturated heterocycles. The van der Waals surface area contributed by atoms with E-state index in [0.717, 1.165) is 5.56 Å². The summed E-state index contributed by atoms with van der Waals surface area (Å²) in [6.07, 6.45) is 7.45. The molecule has 1 unspecified atom stereocenters. The Morgan fingerprint density at radius 3 is 2.47 bits per heavy atom. The maximum absolute atomic E-state index is 12.8. The van der Waals surface area contributed by atoms with E-state index in [-0.39, 0.29) is 56.8 Å². The predicted octanol–water partition coefficient (Wildman–Crippen LogP) is 2.11. The van der Waals surface area contributed by atoms with Crippen LogP contribution in [-0.2, 0) is 35.2 Å². The lowest BCUT2D eigenvalue weighted by Gasteiger charge is -2.34. The molecule has 10 nitrogen and oxygen atoms in total. The first-order valence-electron chi connectivity index (χ1n) is 13.2. The molecule has 3 rings (SSSR count). The Bertz CT molecular complexity index is 986. The molecule has 1 N–H and O–H groups in total. The maximum Gasteiger partial charge on any atom is 0.410 e. The number of likely N-dealkylation sites (tertiary alicyclic amines) is 2. The fourth-order valence-electron chi connectivity index (χ4n) is 4.54. The summed E-state index contributed by atoms with van der Waals surface area (Å²) in [4.78, 5) is 52.8. The van der Waals surface area contributed by atoms with E-state index >= 15 is 0 Å². The third kappa shape index (κ3) is 9.06. The molecule has 0 aromatic heterocycles. The summed E-state index contributed by atoms with van der Waals surface area (Å²) in [6.45, 7) is 3.93. The van der Waals surface area contributed by atoms with Gasteiger partial charge in [0.15, 0.2) is 0 Å². The van der Waals surface area contributed by atoms with Crippen molar-refractivity contribution in [1.82, 2.24) is 15.1 Å². The minimum absolute atomic E-state index is 0.0761. The van der Waals surface area contributed by atoms with Crippen LogP contribution in [0.3, 0.4) is 0 Å². The lowest BCUT2D eigenvalue weighted by atomic mass is 9.96. The van der Waals surface area contributed by atoms with Crippen molar-refractivity contribution >= 4 is 23.9 Å². The van der Waals surface area contributed by atoms with E-state index in [1.54, 1.807) is 16.7 Å². The summed E-state index contributed by atoms with van der Waals surface area (Å²) in [6, 6.07) is 8.76. The van der Waals surface area contributed by atoms with E-state index in [1.165, 1.54) is 0 Å². The van der Waals surface area contributed by atoms with Gasteiger partial charge in [-0.15, -0.1) is 6.42 Å². The lowest BCUT2D eigenvalue weighted by Crippen LogP contribution is -2.49. The zero-order valence-electron chi connectivity index (χ0n) is 21.9. The van der Waals surface area contributed by atoms with E-state index in [0.29, 0.717) is 45.3 Å². The van der Waals surface area contributed by atoms with Gasteiger partial charge in [-0.25, -0.2) is 4.79 Å². The average molecular weight is 528 g/mol. The van der Waals surface area contributed by atoms with Gasteiger partial charge in [0.25, 0.3) is 0 Å². The number of hydrogen-bond acceptors (Lipinski definition) is 7. The number of hydrogen-bond donors (Lipinski definition) is 1. The third-order valence-corrected chi connectivity index (χ3v) is 6.69. The molecule has 38 heavy (non-hydrogen) atoms. The monoisotopic (exact) mass is 527 g/mol. The normalized spacial score (nSPS) is 18.7. The molecular formula is C28H37N3O7. The maximum atomic E-state index is 12.8. The number of carbonyl (C=O) groups excluding carboxylic acids is 4. The van der Waals surface area contributed by atoms with E-state index in [4.69, 9.17) is 20.6 Å². The lowest BCUT2D eigenvalue weighted by molar-refractivity contribution is -0.143. The van der Waals surface area contributed by atoms with Crippen molar-refractivity contribution < 1.29 is 33.4 Å². The van der Waals surface area contributed by atoms with Crippen LogP contribution in [0.15, 0.2) is 30.3 Å². The molecule has 1 aromatic carbocycles. The van der Waals surface area contributed by atoms with Gasteiger partial charge in [-0.2, -0.15) is 0 Å². The molecular weight excluding hydrogens is 490 g/mol. The first-order valence-corrected chi connectivity index (χ1v) is 13.2. The first kappa shape index (κ1) is 29.0. The molecule has 2 atom stereocenters. The largest absolute Gasteiger partial charge is 0.466 e. The molecule has 0 bridgehead atoms. The number of amides is 3. The molecule has 206 valence electrons. The number of esters is 1. The topological polar surface area (TPSA) is 114 Å². The molecule has 0 saturated carbocycles. The molecule has 0 aliphatic carbocycles. The van der Waals surface area contributed by atoms with Crippen LogP contribution in [0.2, 0.25) is 0 Å². The quantitative estimate of drug-likeness (QED) is 0.366. The predicted molar refractivity (Wildman–Crippen MR) is 138 cm³/mol. The fraction of sp³-hybridized carbons (Fsp3) is 0.571. The Hall–Kier alpha value is -3.58. The van der Waals surface area contributed by atoms with Crippen LogP contribution in [0.5, 0.6) is 0 Å². The SMILES string of the molecule is C#CC(CC(=O)OCC)NC(=O)[C@@H]1CCCN(C(=O)COC2CCN(C(=O)OCc3ccccc3)CC2)C1. The van der Waals surface area contributed by atoms with Crippen molar-refractivity contribution in [2.75, 3.05) is 39.4 Å². The van der Waals surface area contributed by atoms with E-state index in [9.17, 15) is 19.2 Å². The van der Waals surface area contributed by atoms with Crippen LogP contribution in [0.1, 0.15) is 44.6 Å². The van der Waals surface area contributed by atoms with Crippen molar-refractivity contribution in [1.29, 1.82) is 0 Å². The van der Waals surface area contributed by atoms with Gasteiger partial charge in [0.1, 0.15) is 19.3 Å². The molecule has 2 aliphatic heterocycles. The Morgan fingerprint density at radius 1 is 1.05 bits per heavy atom. The van der Waals surface area contributed by atoms with Gasteiger partial charge in [0, 0.05) is 26.2 Å². The number of rotatable bonds is 10. The van der Waals surface area contributed by atoms with Gasteiger partial charge < -0.3 is 29.3 Å². The highest BCUT2D eigenvalue weighted by Crippen LogP contribution is 2.19. The number of benzene rings is 1. The van der Waals surface area contributed by atoms with Gasteiger partial charge in [-0.3, -0.25) is 14.4 Å². The summed E-state index contributed by atoms with van der Waals surface area (Å²) < 4.78 is 16.1. The highest BCUT2D eigenvalue weighted by molar-refractivity contribution is 5.83. The van der Waals surface area contributed by atoms with Gasteiger partial charge >= 0.3 is 12.1 Å². The summed E-state index contributed by atoms with van der Waals surface area (Å²) in [5.74, 6) is 1.09. The van der Waals surface area contributed by atoms with E-state index in [2.05, 4.69) is 11.2 Å². The van der Waals surface area contributed by atoms with Gasteiger partial charge in [0.05, 0.1) is 25.0 Å². The Morgan fingerprint density at radius 2 is 1.79 bits per heavy atom. The van der Waals surface area contributed by atoms with Crippen LogP contribution < -0.4 is 5.32 Å². The van der Waals surface area contributed by atoms with Crippen LogP contribution in [0, 0.1) is 18.3 Å². The van der Waals surface area contributed by atoms with Gasteiger partial charge in [0.2, 0.25) is 11.8 Å². The second kappa shape index (κ2) is 15.0. The van der Waals surface area contributed by atoms with Crippen molar-refractivity contribution in [3.63, 3.8) is 0 Å². The summed E-state index contributed by atoms with van der Waals surface area (Å²) >= 11 is 0. The zero-order chi connectivity index (χ0) is 27.3. The Balaban J connectivity index is 1.36. The Kier molecular flexibility index (Phi) is 11.4.